The van der Waals surface area contributed by atoms with Gasteiger partial charge in [-0.25, -0.2) is 14.4 Å². The Morgan fingerprint density at radius 1 is 1.06 bits per heavy atom. The smallest absolute Gasteiger partial charge is 0.417 e. The van der Waals surface area contributed by atoms with Crippen LogP contribution in [-0.4, -0.2) is 57.5 Å². The standard InChI is InChI=1S/C21H21F4N5O2/c22-16-5-13(21(23,24)25)7-28-20(16)29-4-3-19(31)30-11-15(6-14(30)10-29)32-18-9-26-17(8-27-18)12-1-2-12/h5,7-9,12,14-15H,1-4,6,10-11H2/t14-,15-/m0/s1. The Bertz CT molecular complexity index is 1010. The van der Waals surface area contributed by atoms with E-state index in [9.17, 15) is 22.4 Å². The second-order valence-electron chi connectivity index (χ2n) is 8.45. The van der Waals surface area contributed by atoms with Crippen LogP contribution in [0.3, 0.4) is 0 Å². The van der Waals surface area contributed by atoms with Gasteiger partial charge >= 0.3 is 6.18 Å². The van der Waals surface area contributed by atoms with Crippen molar-refractivity contribution in [3.63, 3.8) is 0 Å². The van der Waals surface area contributed by atoms with Gasteiger partial charge in [0.25, 0.3) is 0 Å². The van der Waals surface area contributed by atoms with Crippen molar-refractivity contribution in [2.75, 3.05) is 24.5 Å². The van der Waals surface area contributed by atoms with Crippen LogP contribution in [-0.2, 0) is 11.0 Å². The summed E-state index contributed by atoms with van der Waals surface area (Å²) in [5, 5.41) is 0. The first-order valence-electron chi connectivity index (χ1n) is 10.5. The van der Waals surface area contributed by atoms with Crippen molar-refractivity contribution >= 4 is 11.7 Å². The predicted octanol–water partition coefficient (Wildman–Crippen LogP) is 3.17. The third kappa shape index (κ3) is 4.20. The van der Waals surface area contributed by atoms with E-state index in [-0.39, 0.29) is 43.4 Å². The monoisotopic (exact) mass is 451 g/mol. The number of ether oxygens (including phenoxy) is 1. The number of rotatable bonds is 4. The number of carbonyl (C=O) groups is 1. The number of nitrogens with zero attached hydrogens (tertiary/aromatic N) is 5. The molecule has 2 aromatic heterocycles. The maximum absolute atomic E-state index is 14.5. The van der Waals surface area contributed by atoms with Crippen LogP contribution in [0.4, 0.5) is 23.4 Å². The van der Waals surface area contributed by atoms with Crippen LogP contribution in [0.1, 0.15) is 42.9 Å². The van der Waals surface area contributed by atoms with Gasteiger partial charge in [0.15, 0.2) is 11.6 Å². The van der Waals surface area contributed by atoms with E-state index in [1.165, 1.54) is 4.90 Å². The summed E-state index contributed by atoms with van der Waals surface area (Å²) in [5.74, 6) is -0.470. The van der Waals surface area contributed by atoms with E-state index in [4.69, 9.17) is 4.74 Å². The molecular weight excluding hydrogens is 430 g/mol. The van der Waals surface area contributed by atoms with Crippen molar-refractivity contribution in [2.45, 2.75) is 49.9 Å². The van der Waals surface area contributed by atoms with E-state index in [1.807, 2.05) is 0 Å². The maximum atomic E-state index is 14.5. The van der Waals surface area contributed by atoms with Gasteiger partial charge in [-0.2, -0.15) is 13.2 Å². The highest BCUT2D eigenvalue weighted by Crippen LogP contribution is 2.39. The molecule has 1 amide bonds. The van der Waals surface area contributed by atoms with Gasteiger partial charge in [0.1, 0.15) is 6.10 Å². The van der Waals surface area contributed by atoms with Gasteiger partial charge in [-0.05, 0) is 18.9 Å². The minimum atomic E-state index is -4.67. The number of aromatic nitrogens is 3. The summed E-state index contributed by atoms with van der Waals surface area (Å²) in [4.78, 5) is 28.3. The van der Waals surface area contributed by atoms with E-state index in [2.05, 4.69) is 15.0 Å². The lowest BCUT2D eigenvalue weighted by Crippen LogP contribution is -2.39. The van der Waals surface area contributed by atoms with Crippen LogP contribution in [0, 0.1) is 5.82 Å². The van der Waals surface area contributed by atoms with Crippen LogP contribution in [0.5, 0.6) is 5.88 Å². The second-order valence-corrected chi connectivity index (χ2v) is 8.45. The molecule has 2 aliphatic heterocycles. The average molecular weight is 451 g/mol. The van der Waals surface area contributed by atoms with Crippen LogP contribution in [0.15, 0.2) is 24.7 Å². The highest BCUT2D eigenvalue weighted by molar-refractivity contribution is 5.78. The van der Waals surface area contributed by atoms with E-state index in [0.29, 0.717) is 37.0 Å². The minimum Gasteiger partial charge on any atom is -0.471 e. The quantitative estimate of drug-likeness (QED) is 0.666. The molecule has 0 spiro atoms. The van der Waals surface area contributed by atoms with Crippen LogP contribution >= 0.6 is 0 Å². The highest BCUT2D eigenvalue weighted by Gasteiger charge is 2.40. The number of hydrogen-bond donors (Lipinski definition) is 0. The van der Waals surface area contributed by atoms with Crippen molar-refractivity contribution in [1.29, 1.82) is 0 Å². The molecule has 0 N–H and O–H groups in total. The third-order valence-electron chi connectivity index (χ3n) is 6.10. The zero-order valence-corrected chi connectivity index (χ0v) is 17.1. The largest absolute Gasteiger partial charge is 0.471 e. The minimum absolute atomic E-state index is 0.105. The fourth-order valence-corrected chi connectivity index (χ4v) is 4.32. The molecule has 5 rings (SSSR count). The van der Waals surface area contributed by atoms with E-state index in [1.54, 1.807) is 17.3 Å². The van der Waals surface area contributed by atoms with Crippen molar-refractivity contribution in [3.8, 4) is 5.88 Å². The van der Waals surface area contributed by atoms with E-state index < -0.39 is 17.6 Å². The first-order valence-corrected chi connectivity index (χ1v) is 10.5. The Labute approximate surface area is 181 Å². The molecule has 0 unspecified atom stereocenters. The fourth-order valence-electron chi connectivity index (χ4n) is 4.32. The molecule has 0 bridgehead atoms. The predicted molar refractivity (Wildman–Crippen MR) is 105 cm³/mol. The fraction of sp³-hybridized carbons (Fsp3) is 0.524. The number of anilines is 1. The van der Waals surface area contributed by atoms with Crippen LogP contribution in [0.25, 0.3) is 0 Å². The molecule has 3 aliphatic rings. The number of halogens is 4. The molecule has 2 saturated heterocycles. The Morgan fingerprint density at radius 2 is 1.88 bits per heavy atom. The highest BCUT2D eigenvalue weighted by atomic mass is 19.4. The Kier molecular flexibility index (Phi) is 5.13. The average Bonchev–Trinajstić information content (AvgIpc) is 3.54. The molecule has 11 heteroatoms. The number of pyridine rings is 1. The lowest BCUT2D eigenvalue weighted by molar-refractivity contribution is -0.138. The summed E-state index contributed by atoms with van der Waals surface area (Å²) in [6, 6.07) is 0.175. The summed E-state index contributed by atoms with van der Waals surface area (Å²) in [7, 11) is 0. The van der Waals surface area contributed by atoms with Crippen molar-refractivity contribution < 1.29 is 27.1 Å². The SMILES string of the molecule is O=C1CCN(c2ncc(C(F)(F)F)cc2F)C[C@@H]2C[C@H](Oc3cnc(C4CC4)cn3)CN12. The molecular formula is C21H21F4N5O2. The first kappa shape index (κ1) is 20.9. The molecule has 3 fully saturated rings. The summed E-state index contributed by atoms with van der Waals surface area (Å²) in [5.41, 5.74) is -0.191. The van der Waals surface area contributed by atoms with Gasteiger partial charge in [-0.3, -0.25) is 9.78 Å². The molecule has 4 heterocycles. The molecule has 1 aliphatic carbocycles. The van der Waals surface area contributed by atoms with Crippen molar-refractivity contribution in [3.05, 3.63) is 41.7 Å². The van der Waals surface area contributed by atoms with Gasteiger partial charge in [0, 0.05) is 38.0 Å². The number of fused-ring (bicyclic) bond motifs is 1. The Morgan fingerprint density at radius 3 is 2.53 bits per heavy atom. The molecule has 2 atom stereocenters. The second kappa shape index (κ2) is 7.86. The first-order chi connectivity index (χ1) is 15.3. The summed E-state index contributed by atoms with van der Waals surface area (Å²) in [6.07, 6.45) is 1.82. The molecule has 32 heavy (non-hydrogen) atoms. The third-order valence-corrected chi connectivity index (χ3v) is 6.10. The summed E-state index contributed by atoms with van der Waals surface area (Å²) >= 11 is 0. The van der Waals surface area contributed by atoms with Gasteiger partial charge in [0.05, 0.1) is 36.2 Å². The Balaban J connectivity index is 1.28. The topological polar surface area (TPSA) is 71.5 Å². The lowest BCUT2D eigenvalue weighted by atomic mass is 10.2. The van der Waals surface area contributed by atoms with Gasteiger partial charge in [-0.15, -0.1) is 0 Å². The van der Waals surface area contributed by atoms with E-state index >= 15 is 0 Å². The molecule has 0 radical (unpaired) electrons. The zero-order valence-electron chi connectivity index (χ0n) is 17.1. The zero-order chi connectivity index (χ0) is 22.5. The number of alkyl halides is 3. The lowest BCUT2D eigenvalue weighted by Gasteiger charge is -2.26. The van der Waals surface area contributed by atoms with Crippen LogP contribution in [0.2, 0.25) is 0 Å². The Hall–Kier alpha value is -2.98. The summed E-state index contributed by atoms with van der Waals surface area (Å²) < 4.78 is 58.9. The van der Waals surface area contributed by atoms with Gasteiger partial charge in [0.2, 0.25) is 11.8 Å². The number of amides is 1. The molecule has 2 aromatic rings. The molecule has 1 saturated carbocycles. The van der Waals surface area contributed by atoms with Crippen LogP contribution < -0.4 is 9.64 Å². The van der Waals surface area contributed by atoms with Gasteiger partial charge < -0.3 is 14.5 Å². The number of hydrogen-bond acceptors (Lipinski definition) is 6. The summed E-state index contributed by atoms with van der Waals surface area (Å²) in [6.45, 7) is 0.806. The maximum Gasteiger partial charge on any atom is 0.417 e. The molecule has 7 nitrogen and oxygen atoms in total. The van der Waals surface area contributed by atoms with E-state index in [0.717, 1.165) is 18.5 Å². The molecule has 170 valence electrons. The molecule has 0 aromatic carbocycles. The van der Waals surface area contributed by atoms with Crippen molar-refractivity contribution in [2.24, 2.45) is 0 Å². The number of carbonyl (C=O) groups excluding carboxylic acids is 1. The van der Waals surface area contributed by atoms with Gasteiger partial charge in [-0.1, -0.05) is 0 Å². The normalized spacial score (nSPS) is 23.8. The van der Waals surface area contributed by atoms with Crippen molar-refractivity contribution in [1.82, 2.24) is 19.9 Å².